The lowest BCUT2D eigenvalue weighted by molar-refractivity contribution is -0.254. The first-order chi connectivity index (χ1) is 14.5. The number of nitrogens with one attached hydrogen (secondary N) is 2. The minimum absolute atomic E-state index is 0.106. The molecule has 0 saturated heterocycles. The molecule has 0 spiro atoms. The molecule has 2 amide bonds. The SMILES string of the molecule is CCOc1ccc(C(=O)Nc2ccc(C(=O)Nc3ccccc3C(=O)[O-])cc2)cc1. The van der Waals surface area contributed by atoms with Crippen molar-refractivity contribution < 1.29 is 24.2 Å². The van der Waals surface area contributed by atoms with Gasteiger partial charge in [-0.05, 0) is 61.5 Å². The van der Waals surface area contributed by atoms with Crippen molar-refractivity contribution >= 4 is 29.2 Å². The predicted molar refractivity (Wildman–Crippen MR) is 111 cm³/mol. The molecule has 7 heteroatoms. The fraction of sp³-hybridized carbons (Fsp3) is 0.0870. The van der Waals surface area contributed by atoms with Crippen LogP contribution in [0, 0.1) is 0 Å². The second-order valence-electron chi connectivity index (χ2n) is 6.28. The first-order valence-corrected chi connectivity index (χ1v) is 9.24. The van der Waals surface area contributed by atoms with E-state index in [1.54, 1.807) is 48.5 Å². The lowest BCUT2D eigenvalue weighted by Gasteiger charge is -2.12. The fourth-order valence-electron chi connectivity index (χ4n) is 2.74. The van der Waals surface area contributed by atoms with Crippen LogP contribution < -0.4 is 20.5 Å². The van der Waals surface area contributed by atoms with E-state index in [2.05, 4.69) is 10.6 Å². The number of ether oxygens (including phenoxy) is 1. The summed E-state index contributed by atoms with van der Waals surface area (Å²) in [6.45, 7) is 2.43. The van der Waals surface area contributed by atoms with Crippen LogP contribution in [0.2, 0.25) is 0 Å². The predicted octanol–water partition coefficient (Wildman–Crippen LogP) is 2.95. The molecule has 30 heavy (non-hydrogen) atoms. The molecule has 0 aliphatic heterocycles. The molecule has 0 aliphatic rings. The number of rotatable bonds is 7. The van der Waals surface area contributed by atoms with Crippen molar-refractivity contribution in [2.75, 3.05) is 17.2 Å². The van der Waals surface area contributed by atoms with E-state index in [9.17, 15) is 19.5 Å². The van der Waals surface area contributed by atoms with E-state index in [-0.39, 0.29) is 17.2 Å². The van der Waals surface area contributed by atoms with Crippen molar-refractivity contribution in [3.63, 3.8) is 0 Å². The Bertz CT molecular complexity index is 1060. The van der Waals surface area contributed by atoms with Crippen LogP contribution in [-0.4, -0.2) is 24.4 Å². The van der Waals surface area contributed by atoms with E-state index < -0.39 is 11.9 Å². The Labute approximate surface area is 173 Å². The van der Waals surface area contributed by atoms with Crippen molar-refractivity contribution in [3.8, 4) is 5.75 Å². The molecule has 152 valence electrons. The number of carbonyl (C=O) groups is 3. The number of aromatic carboxylic acids is 1. The maximum absolute atomic E-state index is 12.4. The van der Waals surface area contributed by atoms with E-state index in [0.717, 1.165) is 0 Å². The molecule has 0 bridgehead atoms. The maximum Gasteiger partial charge on any atom is 0.255 e. The molecule has 0 heterocycles. The Morgan fingerprint density at radius 1 is 0.800 bits per heavy atom. The molecule has 0 unspecified atom stereocenters. The highest BCUT2D eigenvalue weighted by molar-refractivity contribution is 6.08. The topological polar surface area (TPSA) is 108 Å². The van der Waals surface area contributed by atoms with Gasteiger partial charge in [0.15, 0.2) is 0 Å². The van der Waals surface area contributed by atoms with Crippen LogP contribution in [0.3, 0.4) is 0 Å². The van der Waals surface area contributed by atoms with Gasteiger partial charge in [-0.2, -0.15) is 0 Å². The van der Waals surface area contributed by atoms with E-state index in [1.165, 1.54) is 24.3 Å². The minimum atomic E-state index is -1.38. The number of amides is 2. The summed E-state index contributed by atoms with van der Waals surface area (Å²) in [5.41, 5.74) is 1.34. The van der Waals surface area contributed by atoms with Crippen LogP contribution in [0.4, 0.5) is 11.4 Å². The van der Waals surface area contributed by atoms with Gasteiger partial charge in [-0.25, -0.2) is 0 Å². The quantitative estimate of drug-likeness (QED) is 0.631. The molecule has 0 radical (unpaired) electrons. The molecular formula is C23H19N2O5-. The highest BCUT2D eigenvalue weighted by Gasteiger charge is 2.11. The number of carboxylic acids is 1. The molecule has 0 atom stereocenters. The highest BCUT2D eigenvalue weighted by Crippen LogP contribution is 2.18. The second kappa shape index (κ2) is 9.38. The van der Waals surface area contributed by atoms with Crippen molar-refractivity contribution in [1.29, 1.82) is 0 Å². The third-order valence-electron chi connectivity index (χ3n) is 4.23. The van der Waals surface area contributed by atoms with Gasteiger partial charge < -0.3 is 25.3 Å². The number of para-hydroxylation sites is 1. The Morgan fingerprint density at radius 3 is 1.97 bits per heavy atom. The summed E-state index contributed by atoms with van der Waals surface area (Å²) in [6, 6.07) is 19.0. The largest absolute Gasteiger partial charge is 0.545 e. The first kappa shape index (κ1) is 20.6. The zero-order valence-corrected chi connectivity index (χ0v) is 16.2. The molecule has 3 aromatic carbocycles. The van der Waals surface area contributed by atoms with E-state index in [1.807, 2.05) is 6.92 Å². The average Bonchev–Trinajstić information content (AvgIpc) is 2.75. The van der Waals surface area contributed by atoms with E-state index >= 15 is 0 Å². The number of hydrogen-bond donors (Lipinski definition) is 2. The number of carboxylic acid groups (broad SMARTS) is 1. The zero-order valence-electron chi connectivity index (χ0n) is 16.2. The number of hydrogen-bond acceptors (Lipinski definition) is 5. The summed E-state index contributed by atoms with van der Waals surface area (Å²) in [4.78, 5) is 35.9. The molecule has 0 saturated carbocycles. The van der Waals surface area contributed by atoms with Crippen LogP contribution in [0.15, 0.2) is 72.8 Å². The highest BCUT2D eigenvalue weighted by atomic mass is 16.5. The van der Waals surface area contributed by atoms with E-state index in [0.29, 0.717) is 29.2 Å². The molecular weight excluding hydrogens is 384 g/mol. The lowest BCUT2D eigenvalue weighted by atomic mass is 10.1. The van der Waals surface area contributed by atoms with Crippen LogP contribution in [0.5, 0.6) is 5.75 Å². The van der Waals surface area contributed by atoms with Crippen molar-refractivity contribution in [3.05, 3.63) is 89.5 Å². The summed E-state index contributed by atoms with van der Waals surface area (Å²) in [5.74, 6) is -1.46. The number of anilines is 2. The van der Waals surface area contributed by atoms with Crippen LogP contribution in [0.1, 0.15) is 38.0 Å². The summed E-state index contributed by atoms with van der Waals surface area (Å²) in [6.07, 6.45) is 0. The normalized spacial score (nSPS) is 10.2. The zero-order chi connectivity index (χ0) is 21.5. The van der Waals surface area contributed by atoms with Gasteiger partial charge in [-0.15, -0.1) is 0 Å². The van der Waals surface area contributed by atoms with Gasteiger partial charge in [0.1, 0.15) is 5.75 Å². The molecule has 3 rings (SSSR count). The fourth-order valence-corrected chi connectivity index (χ4v) is 2.74. The summed E-state index contributed by atoms with van der Waals surface area (Å²) in [5, 5.41) is 16.4. The Kier molecular flexibility index (Phi) is 6.44. The smallest absolute Gasteiger partial charge is 0.255 e. The van der Waals surface area contributed by atoms with Crippen molar-refractivity contribution in [2.24, 2.45) is 0 Å². The summed E-state index contributed by atoms with van der Waals surface area (Å²) >= 11 is 0. The Morgan fingerprint density at radius 2 is 1.37 bits per heavy atom. The van der Waals surface area contributed by atoms with Crippen molar-refractivity contribution in [2.45, 2.75) is 6.92 Å². The molecule has 0 fully saturated rings. The molecule has 7 nitrogen and oxygen atoms in total. The third-order valence-corrected chi connectivity index (χ3v) is 4.23. The van der Waals surface area contributed by atoms with Gasteiger partial charge in [0.2, 0.25) is 0 Å². The lowest BCUT2D eigenvalue weighted by Crippen LogP contribution is -2.24. The average molecular weight is 403 g/mol. The van der Waals surface area contributed by atoms with Crippen LogP contribution in [0.25, 0.3) is 0 Å². The standard InChI is InChI=1S/C23H20N2O5/c1-2-30-18-13-9-16(10-14-18)21(26)24-17-11-7-15(8-12-17)22(27)25-20-6-4-3-5-19(20)23(28)29/h3-14H,2H2,1H3,(H,24,26)(H,25,27)(H,28,29)/p-1. The van der Waals surface area contributed by atoms with Crippen LogP contribution in [-0.2, 0) is 0 Å². The van der Waals surface area contributed by atoms with Gasteiger partial charge in [0.05, 0.1) is 18.3 Å². The monoisotopic (exact) mass is 403 g/mol. The first-order valence-electron chi connectivity index (χ1n) is 9.24. The molecule has 0 aromatic heterocycles. The molecule has 0 aliphatic carbocycles. The Balaban J connectivity index is 1.65. The second-order valence-corrected chi connectivity index (χ2v) is 6.28. The van der Waals surface area contributed by atoms with Gasteiger partial charge in [-0.3, -0.25) is 9.59 Å². The molecule has 3 aromatic rings. The van der Waals surface area contributed by atoms with Gasteiger partial charge in [0, 0.05) is 22.4 Å². The number of carbonyl (C=O) groups excluding carboxylic acids is 3. The van der Waals surface area contributed by atoms with Gasteiger partial charge >= 0.3 is 0 Å². The molecule has 2 N–H and O–H groups in total. The minimum Gasteiger partial charge on any atom is -0.545 e. The van der Waals surface area contributed by atoms with Gasteiger partial charge in [0.25, 0.3) is 11.8 Å². The van der Waals surface area contributed by atoms with E-state index in [4.69, 9.17) is 4.74 Å². The summed E-state index contributed by atoms with van der Waals surface area (Å²) < 4.78 is 5.35. The summed E-state index contributed by atoms with van der Waals surface area (Å²) in [7, 11) is 0. The van der Waals surface area contributed by atoms with Crippen LogP contribution >= 0.6 is 0 Å². The maximum atomic E-state index is 12.4. The third kappa shape index (κ3) is 5.02. The van der Waals surface area contributed by atoms with Crippen molar-refractivity contribution in [1.82, 2.24) is 0 Å². The Hall–Kier alpha value is -4.13. The number of benzene rings is 3. The van der Waals surface area contributed by atoms with Gasteiger partial charge in [-0.1, -0.05) is 18.2 Å².